The first-order valence-corrected chi connectivity index (χ1v) is 10.6. The fourth-order valence-electron chi connectivity index (χ4n) is 4.00. The minimum absolute atomic E-state index is 0. The second-order valence-corrected chi connectivity index (χ2v) is 9.30. The summed E-state index contributed by atoms with van der Waals surface area (Å²) in [6.45, 7) is 15.0. The van der Waals surface area contributed by atoms with Crippen LogP contribution >= 0.6 is 13.5 Å². The van der Waals surface area contributed by atoms with Crippen molar-refractivity contribution in [1.29, 1.82) is 0 Å². The molecule has 0 radical (unpaired) electrons. The quantitative estimate of drug-likeness (QED) is 0.440. The summed E-state index contributed by atoms with van der Waals surface area (Å²) in [5.74, 6) is 0.473. The Kier molecular flexibility index (Phi) is 8.12. The third-order valence-corrected chi connectivity index (χ3v) is 5.67. The Morgan fingerprint density at radius 3 is 2.50 bits per heavy atom. The highest BCUT2D eigenvalue weighted by molar-refractivity contribution is 7.59. The predicted molar refractivity (Wildman–Crippen MR) is 133 cm³/mol. The number of nitrogens with zero attached hydrogens (tertiary/aromatic N) is 2. The molecule has 0 spiro atoms. The Labute approximate surface area is 197 Å². The van der Waals surface area contributed by atoms with Gasteiger partial charge in [-0.25, -0.2) is 4.98 Å². The van der Waals surface area contributed by atoms with Crippen LogP contribution in [0.25, 0.3) is 17.0 Å². The minimum atomic E-state index is -0.280. The van der Waals surface area contributed by atoms with Crippen molar-refractivity contribution in [2.24, 2.45) is 5.41 Å². The van der Waals surface area contributed by atoms with Crippen LogP contribution in [0.5, 0.6) is 5.75 Å². The summed E-state index contributed by atoms with van der Waals surface area (Å²) >= 11 is 0. The number of hydrogen-bond donors (Lipinski definition) is 0. The Bertz CT molecular complexity index is 1080. The average Bonchev–Trinajstić information content (AvgIpc) is 2.68. The molecule has 3 heterocycles. The first kappa shape index (κ1) is 25.9. The topological polar surface area (TPSA) is 70.4 Å². The van der Waals surface area contributed by atoms with Gasteiger partial charge in [-0.1, -0.05) is 27.4 Å². The van der Waals surface area contributed by atoms with Crippen LogP contribution in [0.2, 0.25) is 0 Å². The van der Waals surface area contributed by atoms with Crippen LogP contribution in [0.4, 0.5) is 0 Å². The Morgan fingerprint density at radius 1 is 1.25 bits per heavy atom. The van der Waals surface area contributed by atoms with Crippen molar-refractivity contribution < 1.29 is 14.3 Å². The highest BCUT2D eigenvalue weighted by Gasteiger charge is 2.34. The van der Waals surface area contributed by atoms with Crippen molar-refractivity contribution >= 4 is 24.9 Å². The molecule has 0 unspecified atom stereocenters. The lowest BCUT2D eigenvalue weighted by atomic mass is 9.79. The zero-order valence-electron chi connectivity index (χ0n) is 19.9. The SMILES string of the molecule is C=C(C)c1nc2c(cc1OCCCOC)C[C@@H](C(C)(C)C)n1cc(C(C)=O)c(=O)cc1-2.S. The van der Waals surface area contributed by atoms with E-state index in [1.807, 2.05) is 13.0 Å². The molecule has 7 heteroatoms. The van der Waals surface area contributed by atoms with Crippen molar-refractivity contribution in [3.63, 3.8) is 0 Å². The Balaban J connectivity index is 0.00000363. The van der Waals surface area contributed by atoms with Crippen molar-refractivity contribution in [3.8, 4) is 17.1 Å². The molecule has 0 N–H and O–H groups in total. The van der Waals surface area contributed by atoms with Crippen molar-refractivity contribution in [2.75, 3.05) is 20.3 Å². The standard InChI is InChI=1S/C25H32N2O4.H2S/c1-15(2)23-21(31-10-8-9-30-7)11-17-12-22(25(4,5)6)27-14-18(16(3)28)20(29)13-19(27)24(17)26-23;/h11,13-14,22H,1,8-10,12H2,2-7H3;1H2/t22-;/m0./s1. The maximum Gasteiger partial charge on any atom is 0.193 e. The lowest BCUT2D eigenvalue weighted by Crippen LogP contribution is -2.33. The van der Waals surface area contributed by atoms with Crippen molar-refractivity contribution in [1.82, 2.24) is 9.55 Å². The minimum Gasteiger partial charge on any atom is -0.491 e. The van der Waals surface area contributed by atoms with Crippen LogP contribution in [0, 0.1) is 5.41 Å². The third kappa shape index (κ3) is 5.15. The van der Waals surface area contributed by atoms with Gasteiger partial charge in [-0.15, -0.1) is 0 Å². The number of fused-ring (bicyclic) bond motifs is 3. The number of carbonyl (C=O) groups excluding carboxylic acids is 1. The van der Waals surface area contributed by atoms with Crippen molar-refractivity contribution in [3.05, 3.63) is 52.0 Å². The summed E-state index contributed by atoms with van der Waals surface area (Å²) in [5.41, 5.74) is 3.80. The van der Waals surface area contributed by atoms with E-state index in [9.17, 15) is 9.59 Å². The number of carbonyl (C=O) groups is 1. The van der Waals surface area contributed by atoms with Gasteiger partial charge in [0.2, 0.25) is 0 Å². The normalized spacial score (nSPS) is 14.8. The first-order valence-electron chi connectivity index (χ1n) is 10.6. The highest BCUT2D eigenvalue weighted by atomic mass is 32.1. The third-order valence-electron chi connectivity index (χ3n) is 5.67. The molecule has 0 amide bonds. The average molecular weight is 459 g/mol. The van der Waals surface area contributed by atoms with Crippen LogP contribution in [-0.4, -0.2) is 35.7 Å². The van der Waals surface area contributed by atoms with Gasteiger partial charge in [0.25, 0.3) is 0 Å². The fourth-order valence-corrected chi connectivity index (χ4v) is 4.00. The zero-order chi connectivity index (χ0) is 22.9. The van der Waals surface area contributed by atoms with E-state index >= 15 is 0 Å². The summed E-state index contributed by atoms with van der Waals surface area (Å²) < 4.78 is 13.2. The van der Waals surface area contributed by atoms with Crippen molar-refractivity contribution in [2.45, 2.75) is 53.5 Å². The van der Waals surface area contributed by atoms with E-state index in [4.69, 9.17) is 14.5 Å². The largest absolute Gasteiger partial charge is 0.491 e. The maximum absolute atomic E-state index is 12.7. The molecule has 0 saturated carbocycles. The molecule has 0 aromatic carbocycles. The van der Waals surface area contributed by atoms with Crippen LogP contribution in [0.1, 0.15) is 68.7 Å². The summed E-state index contributed by atoms with van der Waals surface area (Å²) in [5, 5.41) is 0. The molecule has 0 aliphatic carbocycles. The highest BCUT2D eigenvalue weighted by Crippen LogP contribution is 2.43. The van der Waals surface area contributed by atoms with E-state index < -0.39 is 0 Å². The molecule has 0 saturated heterocycles. The smallest absolute Gasteiger partial charge is 0.193 e. The molecule has 1 atom stereocenters. The number of hydrogen-bond acceptors (Lipinski definition) is 5. The molecule has 174 valence electrons. The molecule has 2 aromatic heterocycles. The van der Waals surface area contributed by atoms with Gasteiger partial charge in [-0.2, -0.15) is 13.5 Å². The van der Waals surface area contributed by atoms with E-state index in [1.54, 1.807) is 19.4 Å². The van der Waals surface area contributed by atoms with Gasteiger partial charge in [-0.05, 0) is 42.9 Å². The van der Waals surface area contributed by atoms with Crippen LogP contribution in [-0.2, 0) is 11.2 Å². The van der Waals surface area contributed by atoms with Crippen LogP contribution in [0.3, 0.4) is 0 Å². The second kappa shape index (κ2) is 10.0. The van der Waals surface area contributed by atoms with E-state index in [-0.39, 0.29) is 41.7 Å². The fraction of sp³-hybridized carbons (Fsp3) is 0.480. The predicted octanol–water partition coefficient (Wildman–Crippen LogP) is 4.82. The number of ether oxygens (including phenoxy) is 2. The number of Topliss-reactive ketones (excluding diaryl/α,β-unsaturated/α-hetero) is 1. The monoisotopic (exact) mass is 458 g/mol. The van der Waals surface area contributed by atoms with Gasteiger partial charge in [0.1, 0.15) is 11.4 Å². The molecule has 32 heavy (non-hydrogen) atoms. The summed E-state index contributed by atoms with van der Waals surface area (Å²) in [7, 11) is 1.67. The number of ketones is 1. The summed E-state index contributed by atoms with van der Waals surface area (Å²) in [4.78, 5) is 29.6. The number of aromatic nitrogens is 2. The molecule has 0 bridgehead atoms. The molecule has 6 nitrogen and oxygen atoms in total. The lowest BCUT2D eigenvalue weighted by molar-refractivity contribution is 0.101. The van der Waals surface area contributed by atoms with Crippen LogP contribution < -0.4 is 10.2 Å². The Hall–Kier alpha value is -2.38. The van der Waals surface area contributed by atoms with Crippen LogP contribution in [0.15, 0.2) is 29.7 Å². The summed E-state index contributed by atoms with van der Waals surface area (Å²) in [6.07, 6.45) is 3.21. The van der Waals surface area contributed by atoms with E-state index in [2.05, 4.69) is 31.9 Å². The van der Waals surface area contributed by atoms with Gasteiger partial charge in [0, 0.05) is 38.4 Å². The zero-order valence-corrected chi connectivity index (χ0v) is 20.9. The molecule has 1 aliphatic rings. The second-order valence-electron chi connectivity index (χ2n) is 9.30. The lowest BCUT2D eigenvalue weighted by Gasteiger charge is -2.38. The van der Waals surface area contributed by atoms with Gasteiger partial charge < -0.3 is 14.0 Å². The van der Waals surface area contributed by atoms with Gasteiger partial charge in [-0.3, -0.25) is 9.59 Å². The molecular formula is C25H34N2O4S. The molecule has 2 aromatic rings. The summed E-state index contributed by atoms with van der Waals surface area (Å²) in [6, 6.07) is 3.64. The number of allylic oxidation sites excluding steroid dienone is 1. The Morgan fingerprint density at radius 2 is 1.94 bits per heavy atom. The molecule has 0 fully saturated rings. The van der Waals surface area contributed by atoms with Gasteiger partial charge in [0.05, 0.1) is 23.6 Å². The molecule has 3 rings (SSSR count). The number of rotatable bonds is 7. The molecule has 1 aliphatic heterocycles. The van der Waals surface area contributed by atoms with E-state index in [0.29, 0.717) is 24.7 Å². The van der Waals surface area contributed by atoms with E-state index in [1.165, 1.54) is 6.92 Å². The van der Waals surface area contributed by atoms with E-state index in [0.717, 1.165) is 35.4 Å². The number of pyridine rings is 2. The van der Waals surface area contributed by atoms with Gasteiger partial charge in [0.15, 0.2) is 11.2 Å². The molecular weight excluding hydrogens is 424 g/mol. The maximum atomic E-state index is 12.7. The number of methoxy groups -OCH3 is 1. The van der Waals surface area contributed by atoms with Gasteiger partial charge >= 0.3 is 0 Å². The first-order chi connectivity index (χ1) is 14.5.